The minimum atomic E-state index is -1.31. The van der Waals surface area contributed by atoms with Crippen molar-refractivity contribution in [3.05, 3.63) is 57.5 Å². The van der Waals surface area contributed by atoms with Crippen molar-refractivity contribution in [1.29, 1.82) is 0 Å². The number of nitro benzene ring substituents is 1. The highest BCUT2D eigenvalue weighted by atomic mass is 16.6. The third kappa shape index (κ3) is 2.89. The number of nitro groups is 1. The van der Waals surface area contributed by atoms with Crippen molar-refractivity contribution in [2.45, 2.75) is 6.92 Å². The fourth-order valence-corrected chi connectivity index (χ4v) is 1.72. The van der Waals surface area contributed by atoms with Gasteiger partial charge in [0.2, 0.25) is 0 Å². The number of aromatic carboxylic acids is 1. The van der Waals surface area contributed by atoms with Crippen LogP contribution in [-0.4, -0.2) is 21.9 Å². The smallest absolute Gasteiger partial charge is 0.337 e. The molecule has 2 N–H and O–H groups in total. The lowest BCUT2D eigenvalue weighted by molar-refractivity contribution is -0.384. The van der Waals surface area contributed by atoms with Crippen LogP contribution in [0.1, 0.15) is 26.5 Å². The van der Waals surface area contributed by atoms with Gasteiger partial charge in [-0.3, -0.25) is 14.9 Å². The van der Waals surface area contributed by atoms with Crippen molar-refractivity contribution in [2.24, 2.45) is 0 Å². The first-order valence-electron chi connectivity index (χ1n) is 5.77. The summed E-state index contributed by atoms with van der Waals surface area (Å²) in [5.41, 5.74) is -0.183. The maximum Gasteiger partial charge on any atom is 0.337 e. The van der Waals surface area contributed by atoms with Gasteiger partial charge in [-0.1, -0.05) is 0 Å². The van der Waals surface area contributed by atoms with Crippen LogP contribution in [0, 0.1) is 17.0 Å². The summed E-state index contributed by atoms with van der Waals surface area (Å²) in [7, 11) is 0. The van der Waals surface area contributed by atoms with Gasteiger partial charge >= 0.3 is 5.97 Å². The molecule has 2 rings (SSSR count). The Kier molecular flexibility index (Phi) is 3.70. The van der Waals surface area contributed by atoms with Gasteiger partial charge in [-0.25, -0.2) is 4.79 Å². The molecule has 21 heavy (non-hydrogen) atoms. The molecular weight excluding hydrogens is 280 g/mol. The summed E-state index contributed by atoms with van der Waals surface area (Å²) in [5, 5.41) is 22.1. The second kappa shape index (κ2) is 5.45. The number of non-ortho nitro benzene ring substituents is 1. The Labute approximate surface area is 118 Å². The Morgan fingerprint density at radius 3 is 2.57 bits per heavy atom. The SMILES string of the molecule is Cc1ccoc1C(=O)Nc1cc([N+](=O)[O-])ccc1C(=O)O. The van der Waals surface area contributed by atoms with Crippen LogP contribution in [0.5, 0.6) is 0 Å². The summed E-state index contributed by atoms with van der Waals surface area (Å²) >= 11 is 0. The Bertz CT molecular complexity index is 734. The van der Waals surface area contributed by atoms with E-state index in [4.69, 9.17) is 9.52 Å². The molecule has 1 aromatic heterocycles. The third-order valence-corrected chi connectivity index (χ3v) is 2.76. The summed E-state index contributed by atoms with van der Waals surface area (Å²) in [6, 6.07) is 4.67. The van der Waals surface area contributed by atoms with Gasteiger partial charge in [0.25, 0.3) is 11.6 Å². The normalized spacial score (nSPS) is 10.1. The first kappa shape index (κ1) is 14.3. The van der Waals surface area contributed by atoms with Crippen LogP contribution in [0.4, 0.5) is 11.4 Å². The van der Waals surface area contributed by atoms with Gasteiger partial charge in [0, 0.05) is 17.7 Å². The number of hydrogen-bond acceptors (Lipinski definition) is 5. The summed E-state index contributed by atoms with van der Waals surface area (Å²) in [4.78, 5) is 33.1. The van der Waals surface area contributed by atoms with Gasteiger partial charge in [-0.2, -0.15) is 0 Å². The van der Waals surface area contributed by atoms with E-state index in [1.54, 1.807) is 13.0 Å². The molecule has 1 aromatic carbocycles. The van der Waals surface area contributed by atoms with Gasteiger partial charge < -0.3 is 14.8 Å². The lowest BCUT2D eigenvalue weighted by Crippen LogP contribution is -2.15. The number of furan rings is 1. The van der Waals surface area contributed by atoms with Gasteiger partial charge in [-0.05, 0) is 19.1 Å². The van der Waals surface area contributed by atoms with Crippen molar-refractivity contribution >= 4 is 23.3 Å². The largest absolute Gasteiger partial charge is 0.478 e. The van der Waals surface area contributed by atoms with E-state index in [-0.39, 0.29) is 22.7 Å². The minimum absolute atomic E-state index is 0.0119. The fourth-order valence-electron chi connectivity index (χ4n) is 1.72. The van der Waals surface area contributed by atoms with Crippen molar-refractivity contribution in [1.82, 2.24) is 0 Å². The van der Waals surface area contributed by atoms with E-state index in [1.807, 2.05) is 0 Å². The second-order valence-corrected chi connectivity index (χ2v) is 4.18. The lowest BCUT2D eigenvalue weighted by atomic mass is 10.1. The predicted octanol–water partition coefficient (Wildman–Crippen LogP) is 2.45. The topological polar surface area (TPSA) is 123 Å². The first-order valence-corrected chi connectivity index (χ1v) is 5.77. The molecule has 0 saturated carbocycles. The number of carboxylic acids is 1. The molecule has 8 heteroatoms. The maximum absolute atomic E-state index is 12.0. The van der Waals surface area contributed by atoms with Crippen molar-refractivity contribution < 1.29 is 24.0 Å². The molecular formula is C13H10N2O6. The van der Waals surface area contributed by atoms with Gasteiger partial charge in [-0.15, -0.1) is 0 Å². The fraction of sp³-hybridized carbons (Fsp3) is 0.0769. The monoisotopic (exact) mass is 290 g/mol. The predicted molar refractivity (Wildman–Crippen MR) is 71.5 cm³/mol. The molecule has 0 aliphatic heterocycles. The average Bonchev–Trinajstić information content (AvgIpc) is 2.84. The van der Waals surface area contributed by atoms with Crippen molar-refractivity contribution in [3.8, 4) is 0 Å². The van der Waals surface area contributed by atoms with E-state index in [2.05, 4.69) is 5.32 Å². The van der Waals surface area contributed by atoms with E-state index in [0.717, 1.165) is 18.2 Å². The number of nitrogens with one attached hydrogen (secondary N) is 1. The molecule has 0 unspecified atom stereocenters. The van der Waals surface area contributed by atoms with Crippen LogP contribution in [0.3, 0.4) is 0 Å². The number of carbonyl (C=O) groups is 2. The van der Waals surface area contributed by atoms with Crippen LogP contribution in [0.15, 0.2) is 34.9 Å². The highest BCUT2D eigenvalue weighted by Gasteiger charge is 2.19. The average molecular weight is 290 g/mol. The molecule has 0 aliphatic rings. The van der Waals surface area contributed by atoms with Crippen LogP contribution in [0.25, 0.3) is 0 Å². The second-order valence-electron chi connectivity index (χ2n) is 4.18. The molecule has 0 atom stereocenters. The first-order chi connectivity index (χ1) is 9.90. The molecule has 0 fully saturated rings. The van der Waals surface area contributed by atoms with E-state index in [9.17, 15) is 19.7 Å². The number of benzene rings is 1. The summed E-state index contributed by atoms with van der Waals surface area (Å²) in [6.45, 7) is 1.64. The number of hydrogen-bond donors (Lipinski definition) is 2. The number of carbonyl (C=O) groups excluding carboxylic acids is 1. The number of carboxylic acid groups (broad SMARTS) is 1. The highest BCUT2D eigenvalue weighted by molar-refractivity contribution is 6.07. The number of aryl methyl sites for hydroxylation is 1. The third-order valence-electron chi connectivity index (χ3n) is 2.76. The molecule has 108 valence electrons. The Balaban J connectivity index is 2.39. The van der Waals surface area contributed by atoms with Crippen molar-refractivity contribution in [3.63, 3.8) is 0 Å². The number of anilines is 1. The number of rotatable bonds is 4. The van der Waals surface area contributed by atoms with Crippen LogP contribution >= 0.6 is 0 Å². The molecule has 2 aromatic rings. The molecule has 0 spiro atoms. The standard InChI is InChI=1S/C13H10N2O6/c1-7-4-5-21-11(7)12(16)14-10-6-8(15(19)20)2-3-9(10)13(17)18/h2-6H,1H3,(H,14,16)(H,17,18). The molecule has 0 radical (unpaired) electrons. The van der Waals surface area contributed by atoms with E-state index in [1.165, 1.54) is 6.26 Å². The molecule has 8 nitrogen and oxygen atoms in total. The zero-order valence-electron chi connectivity index (χ0n) is 10.8. The number of amides is 1. The van der Waals surface area contributed by atoms with Gasteiger partial charge in [0.1, 0.15) is 0 Å². The van der Waals surface area contributed by atoms with E-state index >= 15 is 0 Å². The Morgan fingerprint density at radius 2 is 2.05 bits per heavy atom. The molecule has 1 amide bonds. The Morgan fingerprint density at radius 1 is 1.33 bits per heavy atom. The zero-order chi connectivity index (χ0) is 15.6. The quantitative estimate of drug-likeness (QED) is 0.658. The number of nitrogens with zero attached hydrogens (tertiary/aromatic N) is 1. The van der Waals surface area contributed by atoms with E-state index < -0.39 is 16.8 Å². The molecule has 0 saturated heterocycles. The van der Waals surface area contributed by atoms with Gasteiger partial charge in [0.05, 0.1) is 22.4 Å². The molecule has 0 bridgehead atoms. The van der Waals surface area contributed by atoms with Gasteiger partial charge in [0.15, 0.2) is 5.76 Å². The Hall–Kier alpha value is -3.16. The van der Waals surface area contributed by atoms with Crippen molar-refractivity contribution in [2.75, 3.05) is 5.32 Å². The summed E-state index contributed by atoms with van der Waals surface area (Å²) in [5.74, 6) is -1.98. The van der Waals surface area contributed by atoms with Crippen LogP contribution < -0.4 is 5.32 Å². The zero-order valence-corrected chi connectivity index (χ0v) is 10.8. The molecule has 0 aliphatic carbocycles. The maximum atomic E-state index is 12.0. The van der Waals surface area contributed by atoms with E-state index in [0.29, 0.717) is 5.56 Å². The lowest BCUT2D eigenvalue weighted by Gasteiger charge is -2.07. The molecule has 1 heterocycles. The minimum Gasteiger partial charge on any atom is -0.478 e. The summed E-state index contributed by atoms with van der Waals surface area (Å²) < 4.78 is 4.98. The van der Waals surface area contributed by atoms with Crippen LogP contribution in [0.2, 0.25) is 0 Å². The highest BCUT2D eigenvalue weighted by Crippen LogP contribution is 2.24. The summed E-state index contributed by atoms with van der Waals surface area (Å²) in [6.07, 6.45) is 1.32. The van der Waals surface area contributed by atoms with Crippen LogP contribution in [-0.2, 0) is 0 Å².